The summed E-state index contributed by atoms with van der Waals surface area (Å²) in [4.78, 5) is 123. The maximum Gasteiger partial charge on any atom is 0.258 e. The van der Waals surface area contributed by atoms with Crippen LogP contribution >= 0.6 is 0 Å². The van der Waals surface area contributed by atoms with Crippen LogP contribution in [-0.2, 0) is 26.3 Å². The minimum atomic E-state index is -0.109. The van der Waals surface area contributed by atoms with Crippen LogP contribution in [0.1, 0.15) is 99.6 Å². The first kappa shape index (κ1) is 98.8. The predicted octanol–water partition coefficient (Wildman–Crippen LogP) is 10.7. The topological polar surface area (TPSA) is 369 Å². The SMILES string of the molecule is CCc1nc(C)cn2nc(-c3cc(=O)n4cc(N5CCN(C)CC5)ccc4n3)cc12.CCc1nc(C)cn2nc(-c3cc(=O)n4cc(N5CCN(CC)CC5)ccc4n3)cc12.CCc1nc(C)cn2nc(-c3cc(=O)n4cc(N5CCNCC5)ccc4n3)cc12.C[C@@H]1CN(c2ccc3nc(-c4ccc5c(cnn5C)c4)cc(=O)n3c2)CCN1.Cc1cn2nc(-c3cc(=O)n4cc(N5CCNC(C)(C)C5)cc(C)c4n3)cc2c(C)n1. The Morgan fingerprint density at radius 3 is 1.21 bits per heavy atom. The van der Waals surface area contributed by atoms with Crippen molar-refractivity contribution in [2.45, 2.75) is 121 Å². The molecule has 3 N–H and O–H groups in total. The van der Waals surface area contributed by atoms with E-state index < -0.39 is 0 Å². The summed E-state index contributed by atoms with van der Waals surface area (Å²) in [6.07, 6.45) is 21.3. The number of piperazine rings is 5. The van der Waals surface area contributed by atoms with Crippen molar-refractivity contribution in [2.24, 2.45) is 7.05 Å². The molecule has 39 heteroatoms. The van der Waals surface area contributed by atoms with Gasteiger partial charge in [0.2, 0.25) is 0 Å². The van der Waals surface area contributed by atoms with Gasteiger partial charge in [-0.15, -0.1) is 0 Å². The fraction of sp³-hybridized carbons (Fsp3) is 0.355. The van der Waals surface area contributed by atoms with Gasteiger partial charge < -0.3 is 50.2 Å². The van der Waals surface area contributed by atoms with Crippen LogP contribution in [-0.4, -0.2) is 268 Å². The Kier molecular flexibility index (Phi) is 27.3. The van der Waals surface area contributed by atoms with Crippen LogP contribution in [0.2, 0.25) is 0 Å². The van der Waals surface area contributed by atoms with Gasteiger partial charge in [-0.1, -0.05) is 33.8 Å². The van der Waals surface area contributed by atoms with Crippen molar-refractivity contribution >= 4 is 89.6 Å². The third-order valence-corrected chi connectivity index (χ3v) is 28.5. The lowest BCUT2D eigenvalue weighted by Crippen LogP contribution is -2.57. The standard InChI is InChI=1S/2C23H27N7O.C22H25N7O.C21H23N7O.C21H22N6O/c1-14-8-17(28-7-6-24-23(4,5)13-28)12-29-21(31)10-18(26-22(14)29)19-9-20-16(3)25-15(2)11-30(20)27-19;1-4-18-21-12-20(26-30(21)14-16(3)24-18)19-13-23(31)29-15-17(6-7-22(29)25-19)28-10-8-27(5-2)9-11-28;1-4-17-20-11-19(25-29(20)13-15(2)23-17)18-12-22(30)28-14-16(5-6-21(28)24-18)27-9-7-26(3)8-10-27;1-3-16-19-10-18(25-28(19)12-14(2)23-16)17-11-21(29)27-13-15(4-5-20(27)24-17)26-8-6-22-7-9-26;1-14-12-26(8-7-22-14)17-4-6-20-24-18(10-21(28)27(20)13-17)15-3-5-19-16(9-15)11-23-25(19)2/h8-12,24H,6-7,13H2,1-5H3;6-7,12-15H,4-5,8-11H2,1-3H3;5-6,11-14H,4,7-10H2,1-3H3;4-5,10-13,22H,3,6-9H2,1-2H3;3-6,9-11,13-14,22H,7-8,12H2,1-2H3/t;;;;14-/m....1/s1. The zero-order valence-electron chi connectivity index (χ0n) is 86.9. The number of aryl methyl sites for hydroxylation is 10. The van der Waals surface area contributed by atoms with Crippen LogP contribution in [0.15, 0.2) is 213 Å². The molecule has 19 aromatic heterocycles. The molecule has 1 aromatic carbocycles. The quantitative estimate of drug-likeness (QED) is 0.0910. The molecule has 5 fully saturated rings. The Balaban J connectivity index is 0.000000109. The van der Waals surface area contributed by atoms with Crippen molar-refractivity contribution in [3.8, 4) is 56.8 Å². The van der Waals surface area contributed by atoms with Crippen LogP contribution < -0.4 is 68.2 Å². The highest BCUT2D eigenvalue weighted by molar-refractivity contribution is 5.84. The van der Waals surface area contributed by atoms with Crippen molar-refractivity contribution < 1.29 is 0 Å². The second-order valence-electron chi connectivity index (χ2n) is 39.9. The lowest BCUT2D eigenvalue weighted by molar-refractivity contribution is 0.271. The van der Waals surface area contributed by atoms with E-state index in [1.807, 2.05) is 214 Å². The van der Waals surface area contributed by atoms with Gasteiger partial charge in [0, 0.05) is 209 Å². The molecule has 1 atom stereocenters. The molecule has 0 radical (unpaired) electrons. The highest BCUT2D eigenvalue weighted by atomic mass is 16.1. The monoisotopic (exact) mass is 2000 g/mol. The molecule has 0 amide bonds. The van der Waals surface area contributed by atoms with Crippen molar-refractivity contribution in [2.75, 3.05) is 156 Å². The number of rotatable bonds is 14. The van der Waals surface area contributed by atoms with Crippen molar-refractivity contribution in [1.29, 1.82) is 0 Å². The summed E-state index contributed by atoms with van der Waals surface area (Å²) < 4.78 is 17.3. The molecular weight excluding hydrogens is 1880 g/mol. The maximum absolute atomic E-state index is 13.1. The largest absolute Gasteiger partial charge is 0.368 e. The number of anilines is 5. The number of fused-ring (bicyclic) bond motifs is 10. The van der Waals surface area contributed by atoms with E-state index in [0.29, 0.717) is 85.5 Å². The van der Waals surface area contributed by atoms with Crippen LogP contribution in [0.25, 0.3) is 118 Å². The van der Waals surface area contributed by atoms with Gasteiger partial charge in [-0.05, 0) is 192 Å². The zero-order valence-corrected chi connectivity index (χ0v) is 86.9. The van der Waals surface area contributed by atoms with Gasteiger partial charge in [0.05, 0.1) is 161 Å². The molecule has 0 aliphatic carbocycles. The van der Waals surface area contributed by atoms with E-state index >= 15 is 0 Å². The van der Waals surface area contributed by atoms with Gasteiger partial charge >= 0.3 is 0 Å². The smallest absolute Gasteiger partial charge is 0.258 e. The number of nitrogens with one attached hydrogen (secondary N) is 3. The Labute approximate surface area is 858 Å². The molecule has 0 saturated carbocycles. The van der Waals surface area contributed by atoms with Crippen LogP contribution in [0.3, 0.4) is 0 Å². The fourth-order valence-corrected chi connectivity index (χ4v) is 20.6. The molecule has 5 saturated heterocycles. The molecule has 5 aliphatic heterocycles. The highest BCUT2D eigenvalue weighted by Gasteiger charge is 2.29. The average molecular weight is 2000 g/mol. The number of hydrogen-bond donors (Lipinski definition) is 3. The van der Waals surface area contributed by atoms with Gasteiger partial charge in [-0.3, -0.25) is 70.6 Å². The van der Waals surface area contributed by atoms with Crippen LogP contribution in [0.5, 0.6) is 0 Å². The summed E-state index contributed by atoms with van der Waals surface area (Å²) >= 11 is 0. The van der Waals surface area contributed by atoms with E-state index in [1.165, 1.54) is 0 Å². The van der Waals surface area contributed by atoms with Gasteiger partial charge in [-0.25, -0.2) is 43.0 Å². The highest BCUT2D eigenvalue weighted by Crippen LogP contribution is 2.32. The first-order chi connectivity index (χ1) is 72.0. The lowest BCUT2D eigenvalue weighted by Gasteiger charge is -2.40. The molecule has 20 aromatic rings. The average Bonchev–Trinajstić information content (AvgIpc) is 1.74. The summed E-state index contributed by atoms with van der Waals surface area (Å²) in [6.45, 7) is 45.1. The number of benzene rings is 1. The lowest BCUT2D eigenvalue weighted by atomic mass is 10.0. The molecule has 0 spiro atoms. The minimum absolute atomic E-state index is 0.0304. The second-order valence-corrected chi connectivity index (χ2v) is 39.9. The normalized spacial score (nSPS) is 15.8. The second kappa shape index (κ2) is 41.2. The summed E-state index contributed by atoms with van der Waals surface area (Å²) in [5.41, 5.74) is 27.8. The Morgan fingerprint density at radius 2 is 0.752 bits per heavy atom. The number of hydrogen-bond acceptors (Lipinski definition) is 29. The molecule has 39 nitrogen and oxygen atoms in total. The molecule has 25 rings (SSSR count). The van der Waals surface area contributed by atoms with E-state index in [2.05, 4.69) is 163 Å². The first-order valence-corrected chi connectivity index (χ1v) is 51.4. The third-order valence-electron chi connectivity index (χ3n) is 28.5. The third kappa shape index (κ3) is 20.7. The Morgan fingerprint density at radius 1 is 0.356 bits per heavy atom. The molecule has 149 heavy (non-hydrogen) atoms. The molecular formula is C110H124N34O5. The van der Waals surface area contributed by atoms with Crippen molar-refractivity contribution in [3.63, 3.8) is 0 Å². The summed E-state index contributed by atoms with van der Waals surface area (Å²) in [7, 11) is 4.05. The first-order valence-electron chi connectivity index (χ1n) is 51.4. The van der Waals surface area contributed by atoms with Crippen molar-refractivity contribution in [3.05, 3.63) is 292 Å². The summed E-state index contributed by atoms with van der Waals surface area (Å²) in [5.74, 6) is 0. The van der Waals surface area contributed by atoms with E-state index in [1.54, 1.807) is 56.9 Å². The van der Waals surface area contributed by atoms with Gasteiger partial charge in [0.1, 0.15) is 51.0 Å². The van der Waals surface area contributed by atoms with Gasteiger partial charge in [0.25, 0.3) is 27.8 Å². The zero-order chi connectivity index (χ0) is 103. The Bertz CT molecular complexity index is 8860. The Hall–Kier alpha value is -16.2. The summed E-state index contributed by atoms with van der Waals surface area (Å²) in [6, 6.07) is 40.1. The number of pyridine rings is 5. The van der Waals surface area contributed by atoms with E-state index in [9.17, 15) is 24.0 Å². The van der Waals surface area contributed by atoms with Crippen LogP contribution in [0, 0.1) is 41.5 Å². The number of aromatic nitrogens is 24. The summed E-state index contributed by atoms with van der Waals surface area (Å²) in [5, 5.41) is 34.2. The van der Waals surface area contributed by atoms with E-state index in [-0.39, 0.29) is 33.3 Å². The number of nitrogens with zero attached hydrogens (tertiary/aromatic N) is 31. The molecule has 0 unspecified atom stereocenters. The van der Waals surface area contributed by atoms with Crippen molar-refractivity contribution in [1.82, 2.24) is 141 Å². The fourth-order valence-electron chi connectivity index (χ4n) is 20.6. The molecule has 24 heterocycles. The molecule has 0 bridgehead atoms. The predicted molar refractivity (Wildman–Crippen MR) is 585 cm³/mol. The van der Waals surface area contributed by atoms with Gasteiger partial charge in [0.15, 0.2) is 0 Å². The minimum Gasteiger partial charge on any atom is -0.368 e. The van der Waals surface area contributed by atoms with E-state index in [0.717, 1.165) is 262 Å². The van der Waals surface area contributed by atoms with Gasteiger partial charge in [-0.2, -0.15) is 25.5 Å². The number of likely N-dealkylation sites (N-methyl/N-ethyl adjacent to an activating group) is 2. The molecule has 5 aliphatic rings. The maximum atomic E-state index is 13.1. The van der Waals surface area contributed by atoms with Crippen LogP contribution in [0.4, 0.5) is 28.4 Å². The van der Waals surface area contributed by atoms with E-state index in [4.69, 9.17) is 24.9 Å². The molecule has 764 valence electrons.